The number of nitrogens with zero attached hydrogens (tertiary/aromatic N) is 3. The zero-order chi connectivity index (χ0) is 25.0. The average Bonchev–Trinajstić information content (AvgIpc) is 3.35. The van der Waals surface area contributed by atoms with Crippen LogP contribution in [-0.4, -0.2) is 45.7 Å². The van der Waals surface area contributed by atoms with Crippen LogP contribution in [0.2, 0.25) is 0 Å². The summed E-state index contributed by atoms with van der Waals surface area (Å²) in [7, 11) is 1.33. The molecule has 10 heteroatoms. The molecule has 1 aliphatic carbocycles. The molecule has 1 saturated carbocycles. The predicted octanol–water partition coefficient (Wildman–Crippen LogP) is 4.38. The summed E-state index contributed by atoms with van der Waals surface area (Å²) in [5.74, 6) is 0.227. The standard InChI is InChI=1S/C25H28N4O5S/c1-4-34-23(31)16-5-8-25(32,9-6-16)24-27-14-19(35-24)18-11-15(2)12-21(28-18)29-20-13-17(7-10-26-20)22(30)33-3/h7,10-14,16,32H,4-6,8-9H2,1-3H3,(H,26,28,29)/t16-,25-. The minimum absolute atomic E-state index is 0.173. The molecule has 9 nitrogen and oxygen atoms in total. The van der Waals surface area contributed by atoms with E-state index in [4.69, 9.17) is 14.5 Å². The number of thiazole rings is 1. The molecule has 2 N–H and O–H groups in total. The average molecular weight is 497 g/mol. The van der Waals surface area contributed by atoms with Gasteiger partial charge in [0.15, 0.2) is 0 Å². The molecular weight excluding hydrogens is 468 g/mol. The number of aromatic nitrogens is 3. The number of methoxy groups -OCH3 is 1. The Morgan fingerprint density at radius 1 is 1.20 bits per heavy atom. The number of anilines is 2. The molecule has 0 bridgehead atoms. The van der Waals surface area contributed by atoms with Gasteiger partial charge in [-0.3, -0.25) is 4.79 Å². The zero-order valence-corrected chi connectivity index (χ0v) is 20.7. The number of nitrogens with one attached hydrogen (secondary N) is 1. The molecule has 0 aliphatic heterocycles. The van der Waals surface area contributed by atoms with Gasteiger partial charge in [0.25, 0.3) is 0 Å². The molecule has 0 atom stereocenters. The summed E-state index contributed by atoms with van der Waals surface area (Å²) in [6.45, 7) is 4.12. The Labute approximate surface area is 207 Å². The lowest BCUT2D eigenvalue weighted by atomic mass is 9.79. The Balaban J connectivity index is 1.51. The molecule has 184 valence electrons. The molecule has 1 aliphatic rings. The number of esters is 2. The minimum atomic E-state index is -1.06. The molecule has 0 amide bonds. The highest BCUT2D eigenvalue weighted by atomic mass is 32.1. The summed E-state index contributed by atoms with van der Waals surface area (Å²) >= 11 is 1.40. The summed E-state index contributed by atoms with van der Waals surface area (Å²) in [6, 6.07) is 7.00. The second-order valence-corrected chi connectivity index (χ2v) is 9.58. The second kappa shape index (κ2) is 10.5. The van der Waals surface area contributed by atoms with E-state index < -0.39 is 11.6 Å². The Morgan fingerprint density at radius 2 is 1.97 bits per heavy atom. The topological polar surface area (TPSA) is 124 Å². The molecule has 0 radical (unpaired) electrons. The Hall–Kier alpha value is -3.37. The Morgan fingerprint density at radius 3 is 2.69 bits per heavy atom. The van der Waals surface area contributed by atoms with E-state index in [2.05, 4.69) is 15.3 Å². The fourth-order valence-electron chi connectivity index (χ4n) is 4.15. The van der Waals surface area contributed by atoms with E-state index in [1.807, 2.05) is 19.1 Å². The predicted molar refractivity (Wildman–Crippen MR) is 131 cm³/mol. The molecule has 4 rings (SSSR count). The first-order valence-corrected chi connectivity index (χ1v) is 12.3. The fourth-order valence-corrected chi connectivity index (χ4v) is 5.17. The van der Waals surface area contributed by atoms with Crippen molar-refractivity contribution in [1.82, 2.24) is 15.0 Å². The van der Waals surface area contributed by atoms with Crippen molar-refractivity contribution in [3.63, 3.8) is 0 Å². The number of aliphatic hydroxyl groups is 1. The van der Waals surface area contributed by atoms with Gasteiger partial charge in [0.1, 0.15) is 22.2 Å². The molecule has 35 heavy (non-hydrogen) atoms. The SMILES string of the molecule is CCOC(=O)[C@H]1CC[C@@](O)(c2ncc(-c3cc(C)cc(Nc4cc(C(=O)OC)ccn4)n3)s2)CC1. The molecule has 0 unspecified atom stereocenters. The first-order chi connectivity index (χ1) is 16.8. The van der Waals surface area contributed by atoms with Crippen molar-refractivity contribution in [1.29, 1.82) is 0 Å². The lowest BCUT2D eigenvalue weighted by Crippen LogP contribution is -2.34. The lowest BCUT2D eigenvalue weighted by Gasteiger charge is -2.33. The van der Waals surface area contributed by atoms with Crippen LogP contribution < -0.4 is 5.32 Å². The van der Waals surface area contributed by atoms with Gasteiger partial charge in [0.05, 0.1) is 35.8 Å². The van der Waals surface area contributed by atoms with Crippen molar-refractivity contribution in [2.45, 2.75) is 45.1 Å². The fraction of sp³-hybridized carbons (Fsp3) is 0.400. The maximum Gasteiger partial charge on any atom is 0.338 e. The first kappa shape index (κ1) is 24.7. The first-order valence-electron chi connectivity index (χ1n) is 11.5. The summed E-state index contributed by atoms with van der Waals surface area (Å²) in [6.07, 6.45) is 5.30. The van der Waals surface area contributed by atoms with Crippen LogP contribution in [-0.2, 0) is 19.9 Å². The molecule has 3 aromatic heterocycles. The quantitative estimate of drug-likeness (QED) is 0.459. The summed E-state index contributed by atoms with van der Waals surface area (Å²) < 4.78 is 9.90. The highest BCUT2D eigenvalue weighted by molar-refractivity contribution is 7.15. The van der Waals surface area contributed by atoms with Crippen LogP contribution in [0.25, 0.3) is 10.6 Å². The van der Waals surface area contributed by atoms with E-state index in [9.17, 15) is 14.7 Å². The highest BCUT2D eigenvalue weighted by Gasteiger charge is 2.39. The summed E-state index contributed by atoms with van der Waals surface area (Å²) in [5, 5.41) is 15.0. The van der Waals surface area contributed by atoms with E-state index in [-0.39, 0.29) is 11.9 Å². The van der Waals surface area contributed by atoms with E-state index in [1.54, 1.807) is 25.3 Å². The Bertz CT molecular complexity index is 1220. The van der Waals surface area contributed by atoms with Gasteiger partial charge in [-0.05, 0) is 69.4 Å². The number of hydrogen-bond acceptors (Lipinski definition) is 10. The molecule has 1 fully saturated rings. The molecule has 3 heterocycles. The van der Waals surface area contributed by atoms with Crippen LogP contribution in [0.1, 0.15) is 53.5 Å². The van der Waals surface area contributed by atoms with Crippen LogP contribution in [0, 0.1) is 12.8 Å². The van der Waals surface area contributed by atoms with Crippen molar-refractivity contribution in [2.75, 3.05) is 19.0 Å². The van der Waals surface area contributed by atoms with Crippen LogP contribution in [0.4, 0.5) is 11.6 Å². The van der Waals surface area contributed by atoms with Crippen LogP contribution in [0.3, 0.4) is 0 Å². The van der Waals surface area contributed by atoms with Crippen molar-refractivity contribution < 1.29 is 24.2 Å². The van der Waals surface area contributed by atoms with Gasteiger partial charge in [0.2, 0.25) is 0 Å². The maximum atomic E-state index is 12.0. The third-order valence-corrected chi connectivity index (χ3v) is 7.21. The normalized spacial score (nSPS) is 19.7. The molecular formula is C25H28N4O5S. The number of hydrogen-bond donors (Lipinski definition) is 2. The maximum absolute atomic E-state index is 12.0. The number of carbonyl (C=O) groups is 2. The van der Waals surface area contributed by atoms with E-state index in [0.29, 0.717) is 60.2 Å². The third-order valence-electron chi connectivity index (χ3n) is 6.00. The second-order valence-electron chi connectivity index (χ2n) is 8.55. The van der Waals surface area contributed by atoms with Crippen LogP contribution in [0.15, 0.2) is 36.7 Å². The minimum Gasteiger partial charge on any atom is -0.466 e. The third kappa shape index (κ3) is 5.66. The Kier molecular flexibility index (Phi) is 7.42. The smallest absolute Gasteiger partial charge is 0.338 e. The van der Waals surface area contributed by atoms with Crippen molar-refractivity contribution in [2.24, 2.45) is 5.92 Å². The largest absolute Gasteiger partial charge is 0.466 e. The van der Waals surface area contributed by atoms with Crippen molar-refractivity contribution >= 4 is 34.9 Å². The number of carbonyl (C=O) groups excluding carboxylic acids is 2. The number of aryl methyl sites for hydroxylation is 1. The van der Waals surface area contributed by atoms with Crippen molar-refractivity contribution in [3.05, 3.63) is 52.8 Å². The van der Waals surface area contributed by atoms with Crippen molar-refractivity contribution in [3.8, 4) is 10.6 Å². The summed E-state index contributed by atoms with van der Waals surface area (Å²) in [4.78, 5) is 38.1. The molecule has 0 saturated heterocycles. The van der Waals surface area contributed by atoms with Gasteiger partial charge < -0.3 is 19.9 Å². The van der Waals surface area contributed by atoms with Crippen LogP contribution >= 0.6 is 11.3 Å². The van der Waals surface area contributed by atoms with E-state index in [0.717, 1.165) is 10.4 Å². The highest BCUT2D eigenvalue weighted by Crippen LogP contribution is 2.42. The van der Waals surface area contributed by atoms with Gasteiger partial charge in [-0.1, -0.05) is 0 Å². The molecule has 0 spiro atoms. The number of rotatable bonds is 7. The summed E-state index contributed by atoms with van der Waals surface area (Å²) in [5.41, 5.74) is 1.01. The molecule has 3 aromatic rings. The van der Waals surface area contributed by atoms with Gasteiger partial charge in [-0.15, -0.1) is 11.3 Å². The van der Waals surface area contributed by atoms with Gasteiger partial charge >= 0.3 is 11.9 Å². The van der Waals surface area contributed by atoms with Crippen LogP contribution in [0.5, 0.6) is 0 Å². The van der Waals surface area contributed by atoms with E-state index in [1.165, 1.54) is 24.6 Å². The van der Waals surface area contributed by atoms with Gasteiger partial charge in [-0.2, -0.15) is 0 Å². The number of ether oxygens (including phenoxy) is 2. The zero-order valence-electron chi connectivity index (χ0n) is 19.9. The molecule has 0 aromatic carbocycles. The van der Waals surface area contributed by atoms with E-state index >= 15 is 0 Å². The van der Waals surface area contributed by atoms with Gasteiger partial charge in [-0.25, -0.2) is 19.7 Å². The number of pyridine rings is 2. The lowest BCUT2D eigenvalue weighted by molar-refractivity contribution is -0.151. The van der Waals surface area contributed by atoms with Gasteiger partial charge in [0, 0.05) is 12.4 Å². The monoisotopic (exact) mass is 496 g/mol.